The second kappa shape index (κ2) is 17.4. The molecule has 145 valence electrons. The van der Waals surface area contributed by atoms with E-state index >= 15 is 0 Å². The van der Waals surface area contributed by atoms with E-state index in [4.69, 9.17) is 0 Å². The van der Waals surface area contributed by atoms with Gasteiger partial charge in [0.05, 0.1) is 0 Å². The van der Waals surface area contributed by atoms with Crippen LogP contribution in [0.15, 0.2) is 0 Å². The Morgan fingerprint density at radius 1 is 0.875 bits per heavy atom. The van der Waals surface area contributed by atoms with Crippen molar-refractivity contribution >= 4 is 0 Å². The number of piperazine rings is 1. The molecule has 0 spiro atoms. The van der Waals surface area contributed by atoms with Gasteiger partial charge in [-0.25, -0.2) is 0 Å². The van der Waals surface area contributed by atoms with Crippen LogP contribution in [0.5, 0.6) is 0 Å². The van der Waals surface area contributed by atoms with Crippen LogP contribution in [0.4, 0.5) is 0 Å². The number of likely N-dealkylation sites (tertiary alicyclic amines) is 1. The third-order valence-electron chi connectivity index (χ3n) is 4.81. The van der Waals surface area contributed by atoms with Crippen molar-refractivity contribution in [1.82, 2.24) is 20.0 Å². The Labute approximate surface area is 179 Å². The van der Waals surface area contributed by atoms with Gasteiger partial charge in [0.1, 0.15) is 0 Å². The second-order valence-corrected chi connectivity index (χ2v) is 6.83. The molecule has 0 aromatic carbocycles. The zero-order chi connectivity index (χ0) is 16.2. The average Bonchev–Trinajstić information content (AvgIpc) is 2.56. The van der Waals surface area contributed by atoms with E-state index in [2.05, 4.69) is 40.8 Å². The van der Waals surface area contributed by atoms with Crippen LogP contribution in [-0.4, -0.2) is 87.2 Å². The maximum absolute atomic E-state index is 3.25. The standard InChI is InChI=1S/C15H32N4.C3H8.CH3.Y.H2/c1-3-17-10-12-19(13-11-17)14-15-4-7-18(8-5-15)9-6-16-2;1-3-2;;;/h15-16H,3-14H2,1-2H3;3H2,1-2H3;1H3;;1H/q;;-1;;. The zero-order valence-corrected chi connectivity index (χ0v) is 20.0. The normalized spacial score (nSPS) is 20.5. The third kappa shape index (κ3) is 11.5. The molecule has 2 fully saturated rings. The minimum absolute atomic E-state index is 0. The fourth-order valence-corrected chi connectivity index (χ4v) is 3.32. The Kier molecular flexibility index (Phi) is 19.7. The van der Waals surface area contributed by atoms with E-state index < -0.39 is 0 Å². The predicted molar refractivity (Wildman–Crippen MR) is 106 cm³/mol. The van der Waals surface area contributed by atoms with Crippen LogP contribution >= 0.6 is 0 Å². The van der Waals surface area contributed by atoms with E-state index in [1.165, 1.54) is 78.2 Å². The molecule has 5 heteroatoms. The molecule has 0 unspecified atom stereocenters. The first-order valence-corrected chi connectivity index (χ1v) is 9.55. The van der Waals surface area contributed by atoms with Crippen molar-refractivity contribution in [3.63, 3.8) is 0 Å². The summed E-state index contributed by atoms with van der Waals surface area (Å²) < 4.78 is 0. The number of hydrogen-bond donors (Lipinski definition) is 1. The molecule has 0 amide bonds. The summed E-state index contributed by atoms with van der Waals surface area (Å²) in [6.45, 7) is 19.2. The number of rotatable bonds is 6. The molecule has 1 N–H and O–H groups in total. The van der Waals surface area contributed by atoms with Crippen molar-refractivity contribution in [1.29, 1.82) is 0 Å². The van der Waals surface area contributed by atoms with Crippen LogP contribution in [0.25, 0.3) is 0 Å². The molecule has 1 radical (unpaired) electrons. The maximum atomic E-state index is 3.25. The topological polar surface area (TPSA) is 21.8 Å². The molecule has 2 aliphatic rings. The minimum atomic E-state index is 0. The SMILES string of the molecule is CCC.CCN1CCN(CC2CCN(CCNC)CC2)CC1.[CH3-].[HH].[Y]. The fourth-order valence-electron chi connectivity index (χ4n) is 3.32. The molecule has 0 aliphatic carbocycles. The molecule has 2 saturated heterocycles. The van der Waals surface area contributed by atoms with Crippen LogP contribution < -0.4 is 5.32 Å². The van der Waals surface area contributed by atoms with Gasteiger partial charge in [0.15, 0.2) is 0 Å². The van der Waals surface area contributed by atoms with Gasteiger partial charge in [0, 0.05) is 79.9 Å². The van der Waals surface area contributed by atoms with Crippen molar-refractivity contribution in [2.24, 2.45) is 5.92 Å². The number of likely N-dealkylation sites (N-methyl/N-ethyl adjacent to an activating group) is 2. The summed E-state index contributed by atoms with van der Waals surface area (Å²) in [5, 5.41) is 3.25. The molecule has 0 bridgehead atoms. The van der Waals surface area contributed by atoms with E-state index in [9.17, 15) is 0 Å². The molecular formula is C19H45N4Y-. The number of piperidine rings is 1. The summed E-state index contributed by atoms with van der Waals surface area (Å²) in [7, 11) is 2.04. The summed E-state index contributed by atoms with van der Waals surface area (Å²) in [4.78, 5) is 7.87. The largest absolute Gasteiger partial charge is 0.358 e. The quantitative estimate of drug-likeness (QED) is 0.670. The third-order valence-corrected chi connectivity index (χ3v) is 4.81. The Balaban J connectivity index is -0.000000753. The maximum Gasteiger partial charge on any atom is 0.0110 e. The number of hydrogen-bond acceptors (Lipinski definition) is 4. The van der Waals surface area contributed by atoms with Gasteiger partial charge >= 0.3 is 0 Å². The summed E-state index contributed by atoms with van der Waals surface area (Å²) in [5.74, 6) is 0.944. The van der Waals surface area contributed by atoms with E-state index in [1.54, 1.807) is 0 Å². The molecule has 0 aromatic rings. The monoisotopic (exact) mass is 418 g/mol. The van der Waals surface area contributed by atoms with Gasteiger partial charge in [-0.05, 0) is 45.4 Å². The Hall–Kier alpha value is 0.944. The molecule has 24 heavy (non-hydrogen) atoms. The van der Waals surface area contributed by atoms with Crippen molar-refractivity contribution in [2.75, 3.05) is 72.5 Å². The van der Waals surface area contributed by atoms with Crippen LogP contribution in [0.1, 0.15) is 41.5 Å². The van der Waals surface area contributed by atoms with Gasteiger partial charge in [-0.15, -0.1) is 0 Å². The Morgan fingerprint density at radius 2 is 1.38 bits per heavy atom. The molecule has 2 aliphatic heterocycles. The molecule has 2 rings (SSSR count). The first-order valence-electron chi connectivity index (χ1n) is 9.55. The fraction of sp³-hybridized carbons (Fsp3) is 0.947. The van der Waals surface area contributed by atoms with Crippen molar-refractivity contribution in [3.8, 4) is 0 Å². The molecule has 0 aromatic heterocycles. The van der Waals surface area contributed by atoms with E-state index in [0.29, 0.717) is 0 Å². The number of nitrogens with one attached hydrogen (secondary N) is 1. The molecule has 0 saturated carbocycles. The van der Waals surface area contributed by atoms with Gasteiger partial charge < -0.3 is 27.4 Å². The smallest absolute Gasteiger partial charge is 0.0110 e. The number of nitrogens with zero attached hydrogens (tertiary/aromatic N) is 3. The Bertz CT molecular complexity index is 256. The summed E-state index contributed by atoms with van der Waals surface area (Å²) >= 11 is 0. The van der Waals surface area contributed by atoms with Crippen molar-refractivity contribution in [3.05, 3.63) is 7.43 Å². The molecule has 0 atom stereocenters. The van der Waals surface area contributed by atoms with Gasteiger partial charge in [-0.1, -0.05) is 27.2 Å². The van der Waals surface area contributed by atoms with Crippen LogP contribution in [-0.2, 0) is 32.7 Å². The molecule has 4 nitrogen and oxygen atoms in total. The van der Waals surface area contributed by atoms with Gasteiger partial charge in [-0.2, -0.15) is 0 Å². The summed E-state index contributed by atoms with van der Waals surface area (Å²) in [5.41, 5.74) is 0. The summed E-state index contributed by atoms with van der Waals surface area (Å²) in [6, 6.07) is 0. The van der Waals surface area contributed by atoms with Crippen LogP contribution in [0, 0.1) is 13.3 Å². The first kappa shape index (κ1) is 27.2. The minimum Gasteiger partial charge on any atom is -0.358 e. The van der Waals surface area contributed by atoms with Gasteiger partial charge in [0.25, 0.3) is 0 Å². The summed E-state index contributed by atoms with van der Waals surface area (Å²) in [6.07, 6.45) is 4.05. The average molecular weight is 419 g/mol. The van der Waals surface area contributed by atoms with E-state index in [-0.39, 0.29) is 41.6 Å². The second-order valence-electron chi connectivity index (χ2n) is 6.83. The molecule has 2 heterocycles. The van der Waals surface area contributed by atoms with Crippen molar-refractivity contribution < 1.29 is 34.1 Å². The van der Waals surface area contributed by atoms with Gasteiger partial charge in [0.2, 0.25) is 0 Å². The van der Waals surface area contributed by atoms with Crippen LogP contribution in [0.3, 0.4) is 0 Å². The molecular weight excluding hydrogens is 373 g/mol. The first-order chi connectivity index (χ1) is 10.7. The van der Waals surface area contributed by atoms with Gasteiger partial charge in [-0.3, -0.25) is 0 Å². The zero-order valence-electron chi connectivity index (χ0n) is 17.2. The Morgan fingerprint density at radius 3 is 1.83 bits per heavy atom. The predicted octanol–water partition coefficient (Wildman–Crippen LogP) is 2.67. The van der Waals surface area contributed by atoms with E-state index in [1.807, 2.05) is 7.05 Å². The van der Waals surface area contributed by atoms with Crippen LogP contribution in [0.2, 0.25) is 0 Å². The van der Waals surface area contributed by atoms with Crippen molar-refractivity contribution in [2.45, 2.75) is 40.0 Å². The van der Waals surface area contributed by atoms with E-state index in [0.717, 1.165) is 12.5 Å².